The van der Waals surface area contributed by atoms with Gasteiger partial charge in [0.05, 0.1) is 12.8 Å². The molecule has 1 aromatic heterocycles. The van der Waals surface area contributed by atoms with Gasteiger partial charge in [0.15, 0.2) is 0 Å². The van der Waals surface area contributed by atoms with Crippen molar-refractivity contribution in [3.05, 3.63) is 42.5 Å². The van der Waals surface area contributed by atoms with Gasteiger partial charge in [-0.05, 0) is 25.0 Å². The number of hydrogen-bond donors (Lipinski definition) is 0. The first kappa shape index (κ1) is 16.9. The number of hydrogen-bond acceptors (Lipinski definition) is 4. The topological polar surface area (TPSA) is 64.4 Å². The van der Waals surface area contributed by atoms with E-state index in [0.29, 0.717) is 25.4 Å². The molecular weight excluding hydrogens is 333 g/mol. The Labute approximate surface area is 140 Å². The fourth-order valence-electron chi connectivity index (χ4n) is 2.83. The third kappa shape index (κ3) is 3.76. The van der Waals surface area contributed by atoms with Crippen LogP contribution in [0.5, 0.6) is 5.75 Å². The van der Waals surface area contributed by atoms with Crippen LogP contribution >= 0.6 is 0 Å². The fourth-order valence-corrected chi connectivity index (χ4v) is 4.37. The molecule has 0 radical (unpaired) electrons. The molecule has 1 fully saturated rings. The molecule has 1 atom stereocenters. The first-order chi connectivity index (χ1) is 11.4. The predicted molar refractivity (Wildman–Crippen MR) is 86.6 cm³/mol. The average molecular weight is 353 g/mol. The van der Waals surface area contributed by atoms with Crippen LogP contribution in [0.2, 0.25) is 0 Å². The minimum atomic E-state index is -3.53. The normalized spacial score (nSPS) is 19.3. The Hall–Kier alpha value is -1.93. The molecular formula is C16H20FN3O3S. The van der Waals surface area contributed by atoms with Crippen molar-refractivity contribution < 1.29 is 17.5 Å². The maximum Gasteiger partial charge on any atom is 0.246 e. The highest BCUT2D eigenvalue weighted by atomic mass is 32.2. The zero-order chi connectivity index (χ0) is 17.2. The number of rotatable bonds is 5. The molecule has 1 unspecified atom stereocenters. The Morgan fingerprint density at radius 1 is 1.42 bits per heavy atom. The van der Waals surface area contributed by atoms with E-state index in [4.69, 9.17) is 4.74 Å². The highest BCUT2D eigenvalue weighted by Crippen LogP contribution is 2.24. The number of halogens is 1. The summed E-state index contributed by atoms with van der Waals surface area (Å²) in [5.41, 5.74) is 0. The second-order valence-electron chi connectivity index (χ2n) is 5.99. The minimum absolute atomic E-state index is 0.0773. The SMILES string of the molecule is Cn1cc(S(=O)(=O)N2CCCC(COc3cccc(F)c3)C2)cn1. The zero-order valence-corrected chi connectivity index (χ0v) is 14.2. The lowest BCUT2D eigenvalue weighted by molar-refractivity contribution is 0.180. The number of ether oxygens (including phenoxy) is 1. The van der Waals surface area contributed by atoms with E-state index < -0.39 is 10.0 Å². The zero-order valence-electron chi connectivity index (χ0n) is 13.4. The number of benzene rings is 1. The largest absolute Gasteiger partial charge is 0.493 e. The summed E-state index contributed by atoms with van der Waals surface area (Å²) in [6.45, 7) is 1.25. The molecule has 24 heavy (non-hydrogen) atoms. The van der Waals surface area contributed by atoms with E-state index in [1.54, 1.807) is 19.2 Å². The van der Waals surface area contributed by atoms with E-state index in [1.807, 2.05) is 0 Å². The second-order valence-corrected chi connectivity index (χ2v) is 7.93. The van der Waals surface area contributed by atoms with Gasteiger partial charge in [-0.25, -0.2) is 12.8 Å². The van der Waals surface area contributed by atoms with E-state index in [9.17, 15) is 12.8 Å². The number of aryl methyl sites for hydroxylation is 1. The van der Waals surface area contributed by atoms with E-state index >= 15 is 0 Å². The van der Waals surface area contributed by atoms with Crippen LogP contribution in [0, 0.1) is 11.7 Å². The Kier molecular flexibility index (Phi) is 4.86. The van der Waals surface area contributed by atoms with Crippen LogP contribution in [0.3, 0.4) is 0 Å². The molecule has 0 saturated carbocycles. The Morgan fingerprint density at radius 2 is 2.25 bits per heavy atom. The highest BCUT2D eigenvalue weighted by molar-refractivity contribution is 7.89. The maximum atomic E-state index is 13.2. The Bertz CT molecular complexity index is 806. The van der Waals surface area contributed by atoms with Crippen LogP contribution in [0.15, 0.2) is 41.6 Å². The van der Waals surface area contributed by atoms with Gasteiger partial charge in [-0.3, -0.25) is 4.68 Å². The lowest BCUT2D eigenvalue weighted by Gasteiger charge is -2.31. The summed E-state index contributed by atoms with van der Waals surface area (Å²) in [7, 11) is -1.84. The first-order valence-corrected chi connectivity index (χ1v) is 9.26. The van der Waals surface area contributed by atoms with Crippen LogP contribution in [0.25, 0.3) is 0 Å². The summed E-state index contributed by atoms with van der Waals surface area (Å²) in [4.78, 5) is 0.205. The highest BCUT2D eigenvalue weighted by Gasteiger charge is 2.31. The van der Waals surface area contributed by atoms with Crippen LogP contribution in [0.1, 0.15) is 12.8 Å². The van der Waals surface area contributed by atoms with Crippen molar-refractivity contribution in [3.63, 3.8) is 0 Å². The maximum absolute atomic E-state index is 13.2. The number of piperidine rings is 1. The summed E-state index contributed by atoms with van der Waals surface area (Å²) < 4.78 is 47.0. The van der Waals surface area contributed by atoms with E-state index in [-0.39, 0.29) is 16.6 Å². The Morgan fingerprint density at radius 3 is 2.96 bits per heavy atom. The quantitative estimate of drug-likeness (QED) is 0.825. The van der Waals surface area contributed by atoms with Crippen molar-refractivity contribution in [3.8, 4) is 5.75 Å². The van der Waals surface area contributed by atoms with Crippen LogP contribution < -0.4 is 4.74 Å². The van der Waals surface area contributed by atoms with E-state index in [2.05, 4.69) is 5.10 Å². The van der Waals surface area contributed by atoms with Gasteiger partial charge in [-0.1, -0.05) is 6.07 Å². The van der Waals surface area contributed by atoms with Gasteiger partial charge in [0, 0.05) is 38.3 Å². The standard InChI is InChI=1S/C16H20FN3O3S/c1-19-11-16(9-18-19)24(21,22)20-7-3-4-13(10-20)12-23-15-6-2-5-14(17)8-15/h2,5-6,8-9,11,13H,3-4,7,10,12H2,1H3. The van der Waals surface area contributed by atoms with Gasteiger partial charge < -0.3 is 4.74 Å². The molecule has 0 bridgehead atoms. The minimum Gasteiger partial charge on any atom is -0.493 e. The second kappa shape index (κ2) is 6.90. The fraction of sp³-hybridized carbons (Fsp3) is 0.438. The Balaban J connectivity index is 1.64. The summed E-state index contributed by atoms with van der Waals surface area (Å²) in [5, 5.41) is 3.93. The van der Waals surface area contributed by atoms with Gasteiger partial charge in [0.2, 0.25) is 10.0 Å². The van der Waals surface area contributed by atoms with Gasteiger partial charge >= 0.3 is 0 Å². The van der Waals surface area contributed by atoms with Crippen LogP contribution in [-0.2, 0) is 17.1 Å². The average Bonchev–Trinajstić information content (AvgIpc) is 3.01. The molecule has 130 valence electrons. The number of aromatic nitrogens is 2. The molecule has 2 heterocycles. The molecule has 8 heteroatoms. The molecule has 2 aromatic rings. The van der Waals surface area contributed by atoms with Gasteiger partial charge in [-0.15, -0.1) is 0 Å². The van der Waals surface area contributed by atoms with Crippen molar-refractivity contribution in [1.82, 2.24) is 14.1 Å². The van der Waals surface area contributed by atoms with Crippen molar-refractivity contribution >= 4 is 10.0 Å². The summed E-state index contributed by atoms with van der Waals surface area (Å²) in [6, 6.07) is 5.96. The van der Waals surface area contributed by atoms with Crippen LogP contribution in [-0.4, -0.2) is 42.2 Å². The molecule has 1 saturated heterocycles. The monoisotopic (exact) mass is 353 g/mol. The summed E-state index contributed by atoms with van der Waals surface area (Å²) >= 11 is 0. The van der Waals surface area contributed by atoms with E-state index in [1.165, 1.54) is 33.5 Å². The van der Waals surface area contributed by atoms with Gasteiger partial charge in [0.25, 0.3) is 0 Å². The lowest BCUT2D eigenvalue weighted by Crippen LogP contribution is -2.41. The van der Waals surface area contributed by atoms with Crippen LogP contribution in [0.4, 0.5) is 4.39 Å². The van der Waals surface area contributed by atoms with Crippen molar-refractivity contribution in [2.75, 3.05) is 19.7 Å². The molecule has 0 aliphatic carbocycles. The van der Waals surface area contributed by atoms with Gasteiger partial charge in [-0.2, -0.15) is 9.40 Å². The molecule has 0 spiro atoms. The molecule has 3 rings (SSSR count). The van der Waals surface area contributed by atoms with Crippen molar-refractivity contribution in [2.45, 2.75) is 17.7 Å². The third-order valence-electron chi connectivity index (χ3n) is 4.08. The molecule has 1 aliphatic heterocycles. The molecule has 6 nitrogen and oxygen atoms in total. The summed E-state index contributed by atoms with van der Waals surface area (Å²) in [5.74, 6) is 0.188. The predicted octanol–water partition coefficient (Wildman–Crippen LogP) is 2.04. The van der Waals surface area contributed by atoms with Gasteiger partial charge in [0.1, 0.15) is 16.5 Å². The molecule has 1 aromatic carbocycles. The van der Waals surface area contributed by atoms with Crippen molar-refractivity contribution in [2.24, 2.45) is 13.0 Å². The first-order valence-electron chi connectivity index (χ1n) is 7.82. The summed E-state index contributed by atoms with van der Waals surface area (Å²) in [6.07, 6.45) is 4.52. The lowest BCUT2D eigenvalue weighted by atomic mass is 10.0. The molecule has 0 N–H and O–H groups in total. The third-order valence-corrected chi connectivity index (χ3v) is 5.90. The van der Waals surface area contributed by atoms with E-state index in [0.717, 1.165) is 12.8 Å². The molecule has 0 amide bonds. The number of nitrogens with zero attached hydrogens (tertiary/aromatic N) is 3. The van der Waals surface area contributed by atoms with Crippen molar-refractivity contribution in [1.29, 1.82) is 0 Å². The number of sulfonamides is 1. The smallest absolute Gasteiger partial charge is 0.246 e. The molecule has 1 aliphatic rings.